The largest absolute Gasteiger partial charge is 0.301 e. The van der Waals surface area contributed by atoms with Gasteiger partial charge < -0.3 is 5.01 Å². The number of halogens is 1. The first-order chi connectivity index (χ1) is 4.57. The lowest BCUT2D eigenvalue weighted by atomic mass is 10.9. The highest BCUT2D eigenvalue weighted by molar-refractivity contribution is 9.18. The summed E-state index contributed by atoms with van der Waals surface area (Å²) in [7, 11) is 5.17. The van der Waals surface area contributed by atoms with Crippen molar-refractivity contribution in [1.82, 2.24) is 9.91 Å². The third-order valence-corrected chi connectivity index (χ3v) is 1.45. The van der Waals surface area contributed by atoms with Crippen molar-refractivity contribution >= 4 is 27.1 Å². The SMILES string of the molecule is CN(C)/N=C(/Br)N(C)C=O. The molecule has 0 saturated carbocycles. The molecule has 0 saturated heterocycles. The van der Waals surface area contributed by atoms with Crippen LogP contribution in [0.2, 0.25) is 0 Å². The van der Waals surface area contributed by atoms with E-state index in [1.807, 2.05) is 0 Å². The Balaban J connectivity index is 4.04. The molecule has 0 aliphatic heterocycles. The van der Waals surface area contributed by atoms with E-state index in [-0.39, 0.29) is 0 Å². The quantitative estimate of drug-likeness (QED) is 0.215. The molecule has 5 heteroatoms. The van der Waals surface area contributed by atoms with Crippen molar-refractivity contribution in [2.24, 2.45) is 5.10 Å². The molecule has 0 aliphatic rings. The molecule has 0 aromatic heterocycles. The summed E-state index contributed by atoms with van der Waals surface area (Å²) in [5.74, 6) is 0. The summed E-state index contributed by atoms with van der Waals surface area (Å²) in [6, 6.07) is 0. The van der Waals surface area contributed by atoms with Crippen molar-refractivity contribution < 1.29 is 4.79 Å². The second-order valence-corrected chi connectivity index (χ2v) is 2.64. The molecule has 58 valence electrons. The van der Waals surface area contributed by atoms with E-state index >= 15 is 0 Å². The Bertz CT molecular complexity index is 146. The molecular formula is C5H10BrN3O. The van der Waals surface area contributed by atoms with Gasteiger partial charge in [-0.3, -0.25) is 9.69 Å². The molecule has 0 aromatic carbocycles. The third kappa shape index (κ3) is 3.45. The summed E-state index contributed by atoms with van der Waals surface area (Å²) in [4.78, 5) is 11.5. The van der Waals surface area contributed by atoms with Crippen LogP contribution in [0.5, 0.6) is 0 Å². The second-order valence-electron chi connectivity index (χ2n) is 1.93. The first-order valence-corrected chi connectivity index (χ1v) is 3.46. The molecule has 1 amide bonds. The third-order valence-electron chi connectivity index (χ3n) is 0.732. The molecule has 0 fully saturated rings. The number of amides is 1. The van der Waals surface area contributed by atoms with Gasteiger partial charge in [0.05, 0.1) is 0 Å². The predicted molar refractivity (Wildman–Crippen MR) is 43.9 cm³/mol. The molecule has 0 spiro atoms. The van der Waals surface area contributed by atoms with Gasteiger partial charge in [-0.2, -0.15) is 5.10 Å². The summed E-state index contributed by atoms with van der Waals surface area (Å²) in [5, 5.41) is 5.51. The Morgan fingerprint density at radius 1 is 1.50 bits per heavy atom. The molecule has 0 aromatic rings. The molecule has 0 bridgehead atoms. The zero-order valence-corrected chi connectivity index (χ0v) is 7.79. The Morgan fingerprint density at radius 2 is 2.00 bits per heavy atom. The van der Waals surface area contributed by atoms with E-state index in [9.17, 15) is 4.79 Å². The van der Waals surface area contributed by atoms with E-state index in [0.29, 0.717) is 11.2 Å². The van der Waals surface area contributed by atoms with Crippen molar-refractivity contribution in [3.8, 4) is 0 Å². The topological polar surface area (TPSA) is 35.9 Å². The normalized spacial score (nSPS) is 11.0. The molecule has 0 atom stereocenters. The summed E-state index contributed by atoms with van der Waals surface area (Å²) < 4.78 is 0.493. The van der Waals surface area contributed by atoms with Crippen LogP contribution >= 0.6 is 15.9 Å². The van der Waals surface area contributed by atoms with Crippen molar-refractivity contribution in [2.75, 3.05) is 21.1 Å². The molecule has 0 aliphatic carbocycles. The lowest BCUT2D eigenvalue weighted by Crippen LogP contribution is -2.22. The Hall–Kier alpha value is -0.580. The van der Waals surface area contributed by atoms with Crippen LogP contribution in [0.4, 0.5) is 0 Å². The molecule has 0 rings (SSSR count). The van der Waals surface area contributed by atoms with Gasteiger partial charge >= 0.3 is 0 Å². The van der Waals surface area contributed by atoms with Crippen LogP contribution in [0, 0.1) is 0 Å². The van der Waals surface area contributed by atoms with E-state index in [0.717, 1.165) is 0 Å². The van der Waals surface area contributed by atoms with Crippen LogP contribution in [-0.2, 0) is 4.79 Å². The summed E-state index contributed by atoms with van der Waals surface area (Å²) >= 11 is 3.11. The minimum absolute atomic E-state index is 0.493. The lowest BCUT2D eigenvalue weighted by molar-refractivity contribution is -0.113. The molecule has 0 heterocycles. The zero-order valence-electron chi connectivity index (χ0n) is 6.21. The van der Waals surface area contributed by atoms with Crippen LogP contribution in [-0.4, -0.2) is 42.2 Å². The Kier molecular flexibility index (Phi) is 4.02. The van der Waals surface area contributed by atoms with Gasteiger partial charge in [-0.05, 0) is 15.9 Å². The van der Waals surface area contributed by atoms with E-state index in [4.69, 9.17) is 0 Å². The molecule has 0 radical (unpaired) electrons. The number of hydrazone groups is 1. The second kappa shape index (κ2) is 4.27. The average Bonchev–Trinajstić information content (AvgIpc) is 1.85. The van der Waals surface area contributed by atoms with Gasteiger partial charge in [-0.1, -0.05) is 0 Å². The smallest absolute Gasteiger partial charge is 0.215 e. The molecule has 4 nitrogen and oxygen atoms in total. The fraction of sp³-hybridized carbons (Fsp3) is 0.600. The number of nitrogens with zero attached hydrogens (tertiary/aromatic N) is 3. The van der Waals surface area contributed by atoms with E-state index < -0.39 is 0 Å². The first kappa shape index (κ1) is 9.42. The van der Waals surface area contributed by atoms with E-state index in [1.165, 1.54) is 4.90 Å². The van der Waals surface area contributed by atoms with Crippen LogP contribution in [0.25, 0.3) is 0 Å². The monoisotopic (exact) mass is 207 g/mol. The highest BCUT2D eigenvalue weighted by Crippen LogP contribution is 1.94. The molecule has 0 N–H and O–H groups in total. The maximum Gasteiger partial charge on any atom is 0.215 e. The predicted octanol–water partition coefficient (Wildman–Crippen LogP) is 0.302. The minimum atomic E-state index is 0.493. The van der Waals surface area contributed by atoms with Gasteiger partial charge in [0.1, 0.15) is 0 Å². The lowest BCUT2D eigenvalue weighted by Gasteiger charge is -2.10. The number of hydrogen-bond acceptors (Lipinski definition) is 3. The fourth-order valence-corrected chi connectivity index (χ4v) is 0.680. The summed E-state index contributed by atoms with van der Waals surface area (Å²) in [6.45, 7) is 0. The van der Waals surface area contributed by atoms with Crippen LogP contribution in [0.1, 0.15) is 0 Å². The minimum Gasteiger partial charge on any atom is -0.301 e. The van der Waals surface area contributed by atoms with Gasteiger partial charge in [0.2, 0.25) is 6.41 Å². The van der Waals surface area contributed by atoms with Gasteiger partial charge in [0.15, 0.2) is 4.74 Å². The van der Waals surface area contributed by atoms with Crippen molar-refractivity contribution in [3.63, 3.8) is 0 Å². The number of carbonyl (C=O) groups excluding carboxylic acids is 1. The van der Waals surface area contributed by atoms with Gasteiger partial charge in [0.25, 0.3) is 0 Å². The summed E-state index contributed by atoms with van der Waals surface area (Å²) in [6.07, 6.45) is 0.678. The van der Waals surface area contributed by atoms with Gasteiger partial charge in [0, 0.05) is 21.1 Å². The average molecular weight is 208 g/mol. The van der Waals surface area contributed by atoms with Crippen LogP contribution in [0.3, 0.4) is 0 Å². The van der Waals surface area contributed by atoms with Crippen molar-refractivity contribution in [2.45, 2.75) is 0 Å². The molecular weight excluding hydrogens is 198 g/mol. The van der Waals surface area contributed by atoms with Gasteiger partial charge in [-0.25, -0.2) is 0 Å². The Morgan fingerprint density at radius 3 is 2.30 bits per heavy atom. The number of rotatable bonds is 2. The number of carbonyl (C=O) groups is 1. The highest BCUT2D eigenvalue weighted by atomic mass is 79.9. The van der Waals surface area contributed by atoms with E-state index in [1.54, 1.807) is 26.2 Å². The molecule has 0 unspecified atom stereocenters. The van der Waals surface area contributed by atoms with Crippen molar-refractivity contribution in [3.05, 3.63) is 0 Å². The van der Waals surface area contributed by atoms with Crippen molar-refractivity contribution in [1.29, 1.82) is 0 Å². The standard InChI is InChI=1S/C5H10BrN3O/c1-8(2)7-5(6)9(3)4-10/h4H,1-3H3/b7-5-. The first-order valence-electron chi connectivity index (χ1n) is 2.67. The summed E-state index contributed by atoms with van der Waals surface area (Å²) in [5.41, 5.74) is 0. The number of hydrogen-bond donors (Lipinski definition) is 0. The fourth-order valence-electron chi connectivity index (χ4n) is 0.279. The van der Waals surface area contributed by atoms with Crippen LogP contribution in [0.15, 0.2) is 5.10 Å². The number of amidine groups is 1. The zero-order chi connectivity index (χ0) is 8.15. The van der Waals surface area contributed by atoms with E-state index in [2.05, 4.69) is 21.0 Å². The maximum atomic E-state index is 10.1. The Labute approximate surface area is 68.6 Å². The highest BCUT2D eigenvalue weighted by Gasteiger charge is 1.98. The van der Waals surface area contributed by atoms with Crippen LogP contribution < -0.4 is 0 Å². The van der Waals surface area contributed by atoms with Gasteiger partial charge in [-0.15, -0.1) is 0 Å². The molecule has 10 heavy (non-hydrogen) atoms. The maximum absolute atomic E-state index is 10.1.